The van der Waals surface area contributed by atoms with Crippen molar-refractivity contribution in [1.82, 2.24) is 4.90 Å². The average molecular weight is 430 g/mol. The molecule has 0 saturated carbocycles. The van der Waals surface area contributed by atoms with Crippen LogP contribution in [0.25, 0.3) is 0 Å². The zero-order valence-corrected chi connectivity index (χ0v) is 19.5. The van der Waals surface area contributed by atoms with E-state index >= 15 is 0 Å². The summed E-state index contributed by atoms with van der Waals surface area (Å²) < 4.78 is 19.4. The fraction of sp³-hybridized carbons (Fsp3) is 0.435. The molecule has 0 aromatic heterocycles. The topological polar surface area (TPSA) is 44.8 Å². The maximum atomic E-state index is 13.1. The van der Waals surface area contributed by atoms with Gasteiger partial charge in [-0.2, -0.15) is 0 Å². The molecule has 0 unspecified atom stereocenters. The van der Waals surface area contributed by atoms with Gasteiger partial charge in [-0.3, -0.25) is 0 Å². The molecule has 0 atom stereocenters. The van der Waals surface area contributed by atoms with Crippen LogP contribution in [0.1, 0.15) is 20.8 Å². The molecule has 2 aromatic rings. The third-order valence-corrected chi connectivity index (χ3v) is 10.4. The smallest absolute Gasteiger partial charge is 0.321 e. The molecule has 1 N–H and O–H groups in total. The highest BCUT2D eigenvalue weighted by atomic mass is 28.4. The summed E-state index contributed by atoms with van der Waals surface area (Å²) in [6.07, 6.45) is 0. The Hall–Kier alpha value is -2.54. The molecule has 30 heavy (non-hydrogen) atoms. The van der Waals surface area contributed by atoms with Crippen LogP contribution < -0.4 is 14.6 Å². The van der Waals surface area contributed by atoms with E-state index in [0.29, 0.717) is 13.1 Å². The van der Waals surface area contributed by atoms with Crippen LogP contribution in [-0.2, 0) is 0 Å². The van der Waals surface area contributed by atoms with Crippen molar-refractivity contribution in [2.45, 2.75) is 38.9 Å². The quantitative estimate of drug-likeness (QED) is 0.647. The number of nitrogens with one attached hydrogen (secondary N) is 1. The van der Waals surface area contributed by atoms with E-state index in [1.807, 2.05) is 24.3 Å². The van der Waals surface area contributed by atoms with Crippen LogP contribution in [0.5, 0.6) is 5.75 Å². The number of nitrogens with zero attached hydrogens (tertiary/aromatic N) is 2. The maximum absolute atomic E-state index is 13.1. The maximum Gasteiger partial charge on any atom is 0.321 e. The number of piperazine rings is 1. The standard InChI is InChI=1S/C23H32FN3O2Si/c1-23(2,3)30(4,5)29-21-12-8-19(9-13-21)25-22(28)27-16-14-26(15-17-27)20-10-6-18(24)7-11-20/h6-13H,14-17H2,1-5H3,(H,25,28). The minimum absolute atomic E-state index is 0.105. The number of hydrogen-bond donors (Lipinski definition) is 1. The summed E-state index contributed by atoms with van der Waals surface area (Å²) in [5, 5.41) is 3.10. The number of amides is 2. The Morgan fingerprint density at radius 2 is 1.53 bits per heavy atom. The van der Waals surface area contributed by atoms with Crippen molar-refractivity contribution in [3.8, 4) is 5.75 Å². The molecule has 7 heteroatoms. The van der Waals surface area contributed by atoms with E-state index in [1.165, 1.54) is 12.1 Å². The lowest BCUT2D eigenvalue weighted by molar-refractivity contribution is 0.208. The highest BCUT2D eigenvalue weighted by Crippen LogP contribution is 2.37. The van der Waals surface area contributed by atoms with Gasteiger partial charge < -0.3 is 19.5 Å². The van der Waals surface area contributed by atoms with Gasteiger partial charge in [-0.05, 0) is 66.7 Å². The normalized spacial score (nSPS) is 15.1. The van der Waals surface area contributed by atoms with Gasteiger partial charge >= 0.3 is 6.03 Å². The summed E-state index contributed by atoms with van der Waals surface area (Å²) in [6.45, 7) is 13.8. The largest absolute Gasteiger partial charge is 0.544 e. The lowest BCUT2D eigenvalue weighted by Gasteiger charge is -2.36. The average Bonchev–Trinajstić information content (AvgIpc) is 2.69. The van der Waals surface area contributed by atoms with Gasteiger partial charge in [0.25, 0.3) is 0 Å². The summed E-state index contributed by atoms with van der Waals surface area (Å²) in [4.78, 5) is 16.6. The molecule has 1 aliphatic heterocycles. The second-order valence-corrected chi connectivity index (χ2v) is 14.0. The number of halogens is 1. The molecule has 2 aromatic carbocycles. The highest BCUT2D eigenvalue weighted by Gasteiger charge is 2.38. The molecule has 0 bridgehead atoms. The molecule has 1 heterocycles. The Morgan fingerprint density at radius 1 is 0.967 bits per heavy atom. The molecular weight excluding hydrogens is 397 g/mol. The first-order valence-electron chi connectivity index (χ1n) is 10.4. The first-order chi connectivity index (χ1) is 14.0. The molecule has 162 valence electrons. The van der Waals surface area contributed by atoms with E-state index in [-0.39, 0.29) is 16.9 Å². The van der Waals surface area contributed by atoms with Gasteiger partial charge in [-0.25, -0.2) is 9.18 Å². The van der Waals surface area contributed by atoms with Gasteiger partial charge in [-0.1, -0.05) is 20.8 Å². The molecule has 3 rings (SSSR count). The van der Waals surface area contributed by atoms with E-state index in [4.69, 9.17) is 4.43 Å². The molecule has 0 spiro atoms. The zero-order valence-electron chi connectivity index (χ0n) is 18.5. The van der Waals surface area contributed by atoms with E-state index < -0.39 is 8.32 Å². The van der Waals surface area contributed by atoms with Crippen LogP contribution in [-0.4, -0.2) is 45.4 Å². The number of urea groups is 1. The lowest BCUT2D eigenvalue weighted by Crippen LogP contribution is -2.50. The van der Waals surface area contributed by atoms with E-state index in [1.54, 1.807) is 17.0 Å². The van der Waals surface area contributed by atoms with Gasteiger partial charge in [-0.15, -0.1) is 0 Å². The van der Waals surface area contributed by atoms with E-state index in [9.17, 15) is 9.18 Å². The first kappa shape index (κ1) is 22.1. The summed E-state index contributed by atoms with van der Waals surface area (Å²) in [5.74, 6) is 0.602. The molecule has 5 nitrogen and oxygen atoms in total. The SMILES string of the molecule is CC(C)(C)[Si](C)(C)Oc1ccc(NC(=O)N2CCN(c3ccc(F)cc3)CC2)cc1. The molecule has 1 fully saturated rings. The van der Waals surface area contributed by atoms with Crippen LogP contribution in [0.15, 0.2) is 48.5 Å². The molecule has 0 aliphatic carbocycles. The number of hydrogen-bond acceptors (Lipinski definition) is 3. The Bertz CT molecular complexity index is 856. The lowest BCUT2D eigenvalue weighted by atomic mass is 10.2. The van der Waals surface area contributed by atoms with Crippen molar-refractivity contribution in [2.75, 3.05) is 36.4 Å². The van der Waals surface area contributed by atoms with Crippen molar-refractivity contribution in [1.29, 1.82) is 0 Å². The third-order valence-electron chi connectivity index (χ3n) is 6.04. The van der Waals surface area contributed by atoms with Crippen molar-refractivity contribution in [3.63, 3.8) is 0 Å². The number of anilines is 2. The van der Waals surface area contributed by atoms with Gasteiger partial charge in [0.05, 0.1) is 0 Å². The Morgan fingerprint density at radius 3 is 2.07 bits per heavy atom. The van der Waals surface area contributed by atoms with Gasteiger partial charge in [0, 0.05) is 37.6 Å². The fourth-order valence-electron chi connectivity index (χ4n) is 3.08. The minimum atomic E-state index is -1.88. The van der Waals surface area contributed by atoms with Crippen molar-refractivity contribution in [3.05, 3.63) is 54.3 Å². The Labute approximate surface area is 180 Å². The second kappa shape index (κ2) is 8.68. The van der Waals surface area contributed by atoms with Crippen LogP contribution in [0.4, 0.5) is 20.6 Å². The van der Waals surface area contributed by atoms with Crippen LogP contribution >= 0.6 is 0 Å². The number of carbonyl (C=O) groups is 1. The monoisotopic (exact) mass is 429 g/mol. The third kappa shape index (κ3) is 5.33. The van der Waals surface area contributed by atoms with Crippen LogP contribution in [0, 0.1) is 5.82 Å². The van der Waals surface area contributed by atoms with Crippen LogP contribution in [0.3, 0.4) is 0 Å². The number of benzene rings is 2. The van der Waals surface area contributed by atoms with Gasteiger partial charge in [0.1, 0.15) is 11.6 Å². The number of carbonyl (C=O) groups excluding carboxylic acids is 1. The summed E-state index contributed by atoms with van der Waals surface area (Å²) in [7, 11) is -1.88. The Kier molecular flexibility index (Phi) is 6.40. The van der Waals surface area contributed by atoms with Crippen molar-refractivity contribution >= 4 is 25.7 Å². The van der Waals surface area contributed by atoms with Crippen LogP contribution in [0.2, 0.25) is 18.1 Å². The summed E-state index contributed by atoms with van der Waals surface area (Å²) in [5.41, 5.74) is 1.73. The van der Waals surface area contributed by atoms with Gasteiger partial charge in [0.15, 0.2) is 0 Å². The Balaban J connectivity index is 1.52. The van der Waals surface area contributed by atoms with E-state index in [2.05, 4.69) is 44.1 Å². The molecule has 1 saturated heterocycles. The predicted molar refractivity (Wildman–Crippen MR) is 123 cm³/mol. The first-order valence-corrected chi connectivity index (χ1v) is 13.3. The summed E-state index contributed by atoms with van der Waals surface area (Å²) in [6, 6.07) is 14.0. The zero-order chi connectivity index (χ0) is 21.9. The molecule has 1 aliphatic rings. The molecular formula is C23H32FN3O2Si. The fourth-order valence-corrected chi connectivity index (χ4v) is 4.11. The molecule has 2 amide bonds. The predicted octanol–water partition coefficient (Wildman–Crippen LogP) is 5.56. The minimum Gasteiger partial charge on any atom is -0.544 e. The van der Waals surface area contributed by atoms with E-state index in [0.717, 1.165) is 30.2 Å². The number of rotatable bonds is 4. The highest BCUT2D eigenvalue weighted by molar-refractivity contribution is 6.74. The summed E-state index contributed by atoms with van der Waals surface area (Å²) >= 11 is 0. The van der Waals surface area contributed by atoms with Crippen molar-refractivity contribution in [2.24, 2.45) is 0 Å². The molecule has 0 radical (unpaired) electrons. The van der Waals surface area contributed by atoms with Gasteiger partial charge in [0.2, 0.25) is 8.32 Å². The van der Waals surface area contributed by atoms with Crippen molar-refractivity contribution < 1.29 is 13.6 Å². The second-order valence-electron chi connectivity index (χ2n) is 9.27.